The van der Waals surface area contributed by atoms with Gasteiger partial charge in [-0.05, 0) is 12.0 Å². The summed E-state index contributed by atoms with van der Waals surface area (Å²) in [6.07, 6.45) is 3.99. The van der Waals surface area contributed by atoms with Crippen LogP contribution in [0.2, 0.25) is 0 Å². The average Bonchev–Trinajstić information content (AvgIpc) is 2.35. The van der Waals surface area contributed by atoms with E-state index in [-0.39, 0.29) is 0 Å². The van der Waals surface area contributed by atoms with Gasteiger partial charge in [-0.2, -0.15) is 0 Å². The van der Waals surface area contributed by atoms with E-state index >= 15 is 0 Å². The molecule has 1 nitrogen and oxygen atoms in total. The summed E-state index contributed by atoms with van der Waals surface area (Å²) >= 11 is 5.97. The molecule has 1 heterocycles. The number of aromatic nitrogens is 1. The number of fused-ring (bicyclic) bond motifs is 1. The van der Waals surface area contributed by atoms with E-state index in [1.807, 2.05) is 12.3 Å². The van der Waals surface area contributed by atoms with Crippen LogP contribution in [-0.4, -0.2) is 10.9 Å². The molecule has 0 spiro atoms. The zero-order chi connectivity index (χ0) is 12.3. The van der Waals surface area contributed by atoms with Gasteiger partial charge in [0, 0.05) is 23.0 Å². The summed E-state index contributed by atoms with van der Waals surface area (Å²) in [6, 6.07) is 10.3. The van der Waals surface area contributed by atoms with Crippen molar-refractivity contribution in [2.45, 2.75) is 13.8 Å². The Morgan fingerprint density at radius 2 is 2.06 bits per heavy atom. The minimum atomic E-state index is 0.464. The van der Waals surface area contributed by atoms with Crippen LogP contribution < -0.4 is 0 Å². The Morgan fingerprint density at radius 1 is 1.29 bits per heavy atom. The molecular formula is C15H16ClN. The summed E-state index contributed by atoms with van der Waals surface area (Å²) in [5, 5.41) is 1.17. The highest BCUT2D eigenvalue weighted by Gasteiger charge is 2.04. The minimum Gasteiger partial charge on any atom is -0.256 e. The fourth-order valence-electron chi connectivity index (χ4n) is 1.80. The number of allylic oxidation sites excluding steroid dienone is 1. The third-order valence-corrected chi connectivity index (χ3v) is 3.21. The summed E-state index contributed by atoms with van der Waals surface area (Å²) in [5.41, 5.74) is 3.43. The number of alkyl halides is 1. The molecule has 1 aromatic carbocycles. The van der Waals surface area contributed by atoms with Gasteiger partial charge in [-0.1, -0.05) is 49.8 Å². The van der Waals surface area contributed by atoms with Gasteiger partial charge in [0.05, 0.1) is 5.52 Å². The van der Waals surface area contributed by atoms with Crippen LogP contribution >= 0.6 is 11.6 Å². The van der Waals surface area contributed by atoms with Crippen LogP contribution in [0.1, 0.15) is 19.4 Å². The summed E-state index contributed by atoms with van der Waals surface area (Å²) < 4.78 is 0. The predicted molar refractivity (Wildman–Crippen MR) is 75.3 cm³/mol. The van der Waals surface area contributed by atoms with Crippen molar-refractivity contribution in [1.82, 2.24) is 4.98 Å². The van der Waals surface area contributed by atoms with Crippen molar-refractivity contribution in [2.75, 3.05) is 5.88 Å². The normalized spacial score (nSPS) is 12.4. The number of halogens is 1. The Balaban J connectivity index is 2.56. The smallest absolute Gasteiger partial charge is 0.0774 e. The lowest BCUT2D eigenvalue weighted by atomic mass is 10.0. The Hall–Kier alpha value is -1.34. The van der Waals surface area contributed by atoms with Crippen LogP contribution in [0, 0.1) is 5.92 Å². The maximum absolute atomic E-state index is 5.97. The minimum absolute atomic E-state index is 0.464. The summed E-state index contributed by atoms with van der Waals surface area (Å²) in [7, 11) is 0. The van der Waals surface area contributed by atoms with E-state index in [1.54, 1.807) is 0 Å². The Labute approximate surface area is 107 Å². The molecule has 0 aliphatic rings. The molecule has 0 saturated carbocycles. The van der Waals surface area contributed by atoms with E-state index in [2.05, 4.69) is 49.2 Å². The summed E-state index contributed by atoms with van der Waals surface area (Å²) in [5.74, 6) is 1.03. The molecule has 0 bridgehead atoms. The van der Waals surface area contributed by atoms with Gasteiger partial charge in [-0.15, -0.1) is 11.6 Å². The second kappa shape index (κ2) is 5.33. The van der Waals surface area contributed by atoms with Crippen molar-refractivity contribution in [3.8, 4) is 0 Å². The molecular weight excluding hydrogens is 230 g/mol. The molecule has 88 valence electrons. The van der Waals surface area contributed by atoms with Crippen molar-refractivity contribution in [2.24, 2.45) is 5.92 Å². The van der Waals surface area contributed by atoms with E-state index < -0.39 is 0 Å². The first-order valence-corrected chi connectivity index (χ1v) is 6.36. The molecule has 0 radical (unpaired) electrons. The SMILES string of the molecule is CC(C)C(=Cc1cccc2cccnc12)CCl. The van der Waals surface area contributed by atoms with E-state index in [4.69, 9.17) is 11.6 Å². The topological polar surface area (TPSA) is 12.9 Å². The number of para-hydroxylation sites is 1. The Kier molecular flexibility index (Phi) is 3.80. The van der Waals surface area contributed by atoms with E-state index in [9.17, 15) is 0 Å². The van der Waals surface area contributed by atoms with Crippen LogP contribution in [0.5, 0.6) is 0 Å². The van der Waals surface area contributed by atoms with Crippen LogP contribution in [-0.2, 0) is 0 Å². The molecule has 0 N–H and O–H groups in total. The highest BCUT2D eigenvalue weighted by atomic mass is 35.5. The second-order valence-corrected chi connectivity index (χ2v) is 4.70. The van der Waals surface area contributed by atoms with E-state index in [0.29, 0.717) is 11.8 Å². The largest absolute Gasteiger partial charge is 0.256 e. The number of benzene rings is 1. The van der Waals surface area contributed by atoms with E-state index in [1.165, 1.54) is 11.0 Å². The monoisotopic (exact) mass is 245 g/mol. The molecule has 2 aromatic rings. The first-order chi connectivity index (χ1) is 8.22. The fourth-order valence-corrected chi connectivity index (χ4v) is 2.19. The van der Waals surface area contributed by atoms with Crippen LogP contribution in [0.4, 0.5) is 0 Å². The maximum Gasteiger partial charge on any atom is 0.0774 e. The molecule has 0 unspecified atom stereocenters. The van der Waals surface area contributed by atoms with Crippen LogP contribution in [0.25, 0.3) is 17.0 Å². The zero-order valence-corrected chi connectivity index (χ0v) is 10.9. The van der Waals surface area contributed by atoms with Crippen molar-refractivity contribution in [1.29, 1.82) is 0 Å². The summed E-state index contributed by atoms with van der Waals surface area (Å²) in [4.78, 5) is 4.44. The number of hydrogen-bond acceptors (Lipinski definition) is 1. The molecule has 1 aromatic heterocycles. The van der Waals surface area contributed by atoms with Crippen LogP contribution in [0.3, 0.4) is 0 Å². The van der Waals surface area contributed by atoms with Gasteiger partial charge in [0.2, 0.25) is 0 Å². The lowest BCUT2D eigenvalue weighted by Gasteiger charge is -2.08. The molecule has 0 aliphatic carbocycles. The molecule has 0 aliphatic heterocycles. The molecule has 17 heavy (non-hydrogen) atoms. The van der Waals surface area contributed by atoms with Gasteiger partial charge < -0.3 is 0 Å². The fraction of sp³-hybridized carbons (Fsp3) is 0.267. The van der Waals surface area contributed by atoms with Gasteiger partial charge in [0.15, 0.2) is 0 Å². The lowest BCUT2D eigenvalue weighted by molar-refractivity contribution is 0.778. The first-order valence-electron chi connectivity index (χ1n) is 5.82. The van der Waals surface area contributed by atoms with Crippen molar-refractivity contribution < 1.29 is 0 Å². The predicted octanol–water partition coefficient (Wildman–Crippen LogP) is 4.51. The molecule has 2 rings (SSSR count). The van der Waals surface area contributed by atoms with Crippen molar-refractivity contribution in [3.05, 3.63) is 47.7 Å². The molecule has 0 amide bonds. The molecule has 0 fully saturated rings. The van der Waals surface area contributed by atoms with Crippen molar-refractivity contribution in [3.63, 3.8) is 0 Å². The summed E-state index contributed by atoms with van der Waals surface area (Å²) in [6.45, 7) is 4.32. The van der Waals surface area contributed by atoms with Crippen molar-refractivity contribution >= 4 is 28.6 Å². The quantitative estimate of drug-likeness (QED) is 0.725. The molecule has 0 atom stereocenters. The van der Waals surface area contributed by atoms with Gasteiger partial charge in [0.1, 0.15) is 0 Å². The second-order valence-electron chi connectivity index (χ2n) is 4.43. The Bertz CT molecular complexity index is 538. The zero-order valence-electron chi connectivity index (χ0n) is 10.2. The van der Waals surface area contributed by atoms with Gasteiger partial charge >= 0.3 is 0 Å². The number of nitrogens with zero attached hydrogens (tertiary/aromatic N) is 1. The van der Waals surface area contributed by atoms with Gasteiger partial charge in [0.25, 0.3) is 0 Å². The maximum atomic E-state index is 5.97. The highest BCUT2D eigenvalue weighted by Crippen LogP contribution is 2.21. The number of rotatable bonds is 3. The Morgan fingerprint density at radius 3 is 2.76 bits per heavy atom. The third-order valence-electron chi connectivity index (χ3n) is 2.90. The highest BCUT2D eigenvalue weighted by molar-refractivity contribution is 6.19. The molecule has 0 saturated heterocycles. The van der Waals surface area contributed by atoms with Crippen LogP contribution in [0.15, 0.2) is 42.1 Å². The number of pyridine rings is 1. The number of hydrogen-bond donors (Lipinski definition) is 0. The van der Waals surface area contributed by atoms with E-state index in [0.717, 1.165) is 11.1 Å². The lowest BCUT2D eigenvalue weighted by Crippen LogP contribution is -1.95. The third kappa shape index (κ3) is 2.67. The van der Waals surface area contributed by atoms with Gasteiger partial charge in [-0.3, -0.25) is 4.98 Å². The standard InChI is InChI=1S/C15H16ClN/c1-11(2)14(10-16)9-13-6-3-5-12-7-4-8-17-15(12)13/h3-9,11H,10H2,1-2H3. The molecule has 2 heteroatoms. The van der Waals surface area contributed by atoms with Gasteiger partial charge in [-0.25, -0.2) is 0 Å². The average molecular weight is 246 g/mol. The first kappa shape index (κ1) is 12.1.